The highest BCUT2D eigenvalue weighted by Crippen LogP contribution is 2.41. The molecule has 0 radical (unpaired) electrons. The van der Waals surface area contributed by atoms with Crippen LogP contribution in [0.2, 0.25) is 0 Å². The molecule has 2 rings (SSSR count). The van der Waals surface area contributed by atoms with Gasteiger partial charge in [0.15, 0.2) is 0 Å². The molecule has 0 fully saturated rings. The lowest BCUT2D eigenvalue weighted by Crippen LogP contribution is -2.01. The zero-order valence-corrected chi connectivity index (χ0v) is 20.5. The standard InChI is InChI=1S/C20H18Br4O2/c1-4-6-25-19-15(21)8-13(9-16(19)22)12(3)14-10-17(23)20(18(24)11-14)26-7-5-2/h4-5,8-12H,1-2,6-7H2,3H3. The maximum absolute atomic E-state index is 5.70. The third-order valence-electron chi connectivity index (χ3n) is 3.73. The summed E-state index contributed by atoms with van der Waals surface area (Å²) in [5, 5.41) is 0. The van der Waals surface area contributed by atoms with Crippen molar-refractivity contribution in [1.82, 2.24) is 0 Å². The van der Waals surface area contributed by atoms with E-state index in [4.69, 9.17) is 9.47 Å². The Kier molecular flexibility index (Phi) is 8.45. The topological polar surface area (TPSA) is 18.5 Å². The first kappa shape index (κ1) is 21.7. The molecule has 2 aromatic carbocycles. The van der Waals surface area contributed by atoms with Crippen molar-refractivity contribution in [2.45, 2.75) is 12.8 Å². The Bertz CT molecular complexity index is 704. The van der Waals surface area contributed by atoms with Gasteiger partial charge in [0.1, 0.15) is 24.7 Å². The Morgan fingerprint density at radius 3 is 1.35 bits per heavy atom. The second-order valence-corrected chi connectivity index (χ2v) is 8.97. The van der Waals surface area contributed by atoms with Crippen LogP contribution in [0.4, 0.5) is 0 Å². The maximum atomic E-state index is 5.70. The number of hydrogen-bond donors (Lipinski definition) is 0. The predicted molar refractivity (Wildman–Crippen MR) is 123 cm³/mol. The van der Waals surface area contributed by atoms with Gasteiger partial charge in [-0.05, 0) is 99.1 Å². The average Bonchev–Trinajstić information content (AvgIpc) is 2.59. The van der Waals surface area contributed by atoms with Crippen LogP contribution in [-0.2, 0) is 0 Å². The van der Waals surface area contributed by atoms with E-state index in [2.05, 4.69) is 108 Å². The second kappa shape index (κ2) is 10.1. The van der Waals surface area contributed by atoms with E-state index < -0.39 is 0 Å². The van der Waals surface area contributed by atoms with Gasteiger partial charge < -0.3 is 9.47 Å². The van der Waals surface area contributed by atoms with Gasteiger partial charge in [-0.25, -0.2) is 0 Å². The Morgan fingerprint density at radius 1 is 0.769 bits per heavy atom. The lowest BCUT2D eigenvalue weighted by Gasteiger charge is -2.18. The largest absolute Gasteiger partial charge is 0.487 e. The van der Waals surface area contributed by atoms with Gasteiger partial charge in [0.2, 0.25) is 0 Å². The summed E-state index contributed by atoms with van der Waals surface area (Å²) in [6.07, 6.45) is 3.45. The molecule has 6 heteroatoms. The first-order valence-electron chi connectivity index (χ1n) is 7.84. The van der Waals surface area contributed by atoms with E-state index >= 15 is 0 Å². The maximum Gasteiger partial charge on any atom is 0.148 e. The molecule has 0 aliphatic rings. The molecule has 0 aliphatic carbocycles. The lowest BCUT2D eigenvalue weighted by atomic mass is 9.93. The highest BCUT2D eigenvalue weighted by molar-refractivity contribution is 9.11. The molecular weight excluding hydrogens is 592 g/mol. The minimum atomic E-state index is 0.178. The number of halogens is 4. The van der Waals surface area contributed by atoms with Crippen LogP contribution in [0.3, 0.4) is 0 Å². The summed E-state index contributed by atoms with van der Waals surface area (Å²) in [4.78, 5) is 0. The van der Waals surface area contributed by atoms with E-state index in [9.17, 15) is 0 Å². The van der Waals surface area contributed by atoms with E-state index in [1.165, 1.54) is 0 Å². The molecule has 0 bridgehead atoms. The minimum absolute atomic E-state index is 0.178. The molecule has 0 N–H and O–H groups in total. The Morgan fingerprint density at radius 2 is 1.08 bits per heavy atom. The number of benzene rings is 2. The summed E-state index contributed by atoms with van der Waals surface area (Å²) in [6, 6.07) is 8.32. The zero-order valence-electron chi connectivity index (χ0n) is 14.2. The fourth-order valence-electron chi connectivity index (χ4n) is 2.41. The highest BCUT2D eigenvalue weighted by Gasteiger charge is 2.17. The summed E-state index contributed by atoms with van der Waals surface area (Å²) in [7, 11) is 0. The highest BCUT2D eigenvalue weighted by atomic mass is 79.9. The number of hydrogen-bond acceptors (Lipinski definition) is 2. The summed E-state index contributed by atoms with van der Waals surface area (Å²) in [6.45, 7) is 10.4. The van der Waals surface area contributed by atoms with Gasteiger partial charge in [-0.3, -0.25) is 0 Å². The van der Waals surface area contributed by atoms with Gasteiger partial charge in [-0.15, -0.1) is 0 Å². The van der Waals surface area contributed by atoms with E-state index in [0.717, 1.165) is 40.5 Å². The molecule has 0 saturated carbocycles. The van der Waals surface area contributed by atoms with Gasteiger partial charge >= 0.3 is 0 Å². The Hall–Kier alpha value is -0.560. The van der Waals surface area contributed by atoms with Gasteiger partial charge in [-0.1, -0.05) is 32.2 Å². The van der Waals surface area contributed by atoms with Crippen LogP contribution >= 0.6 is 63.7 Å². The molecule has 0 atom stereocenters. The Labute approximate surface area is 188 Å². The Balaban J connectivity index is 2.35. The SMILES string of the molecule is C=CCOc1c(Br)cc(C(C)c2cc(Br)c(OCC=C)c(Br)c2)cc1Br. The van der Waals surface area contributed by atoms with Crippen molar-refractivity contribution in [1.29, 1.82) is 0 Å². The first-order chi connectivity index (χ1) is 12.4. The molecule has 2 nitrogen and oxygen atoms in total. The lowest BCUT2D eigenvalue weighted by molar-refractivity contribution is 0.358. The van der Waals surface area contributed by atoms with Crippen LogP contribution in [0.5, 0.6) is 11.5 Å². The van der Waals surface area contributed by atoms with Crippen LogP contribution in [-0.4, -0.2) is 13.2 Å². The quantitative estimate of drug-likeness (QED) is 0.282. The van der Waals surface area contributed by atoms with E-state index in [1.54, 1.807) is 12.2 Å². The summed E-state index contributed by atoms with van der Waals surface area (Å²) >= 11 is 14.4. The van der Waals surface area contributed by atoms with Crippen molar-refractivity contribution < 1.29 is 9.47 Å². The van der Waals surface area contributed by atoms with Crippen molar-refractivity contribution in [3.63, 3.8) is 0 Å². The molecule has 26 heavy (non-hydrogen) atoms. The third kappa shape index (κ3) is 5.24. The molecule has 0 spiro atoms. The van der Waals surface area contributed by atoms with Crippen molar-refractivity contribution >= 4 is 63.7 Å². The fourth-order valence-corrected chi connectivity index (χ4v) is 5.31. The monoisotopic (exact) mass is 606 g/mol. The van der Waals surface area contributed by atoms with Gasteiger partial charge in [-0.2, -0.15) is 0 Å². The molecule has 0 amide bonds. The third-order valence-corrected chi connectivity index (χ3v) is 6.09. The van der Waals surface area contributed by atoms with Crippen molar-refractivity contribution in [3.05, 3.63) is 78.6 Å². The van der Waals surface area contributed by atoms with Crippen LogP contribution in [0.25, 0.3) is 0 Å². The molecule has 2 aromatic rings. The van der Waals surface area contributed by atoms with Crippen molar-refractivity contribution in [2.24, 2.45) is 0 Å². The summed E-state index contributed by atoms with van der Waals surface area (Å²) < 4.78 is 15.0. The number of rotatable bonds is 8. The summed E-state index contributed by atoms with van der Waals surface area (Å²) in [5.74, 6) is 1.73. The smallest absolute Gasteiger partial charge is 0.148 e. The molecular formula is C20H18Br4O2. The normalized spacial score (nSPS) is 10.7. The van der Waals surface area contributed by atoms with Gasteiger partial charge in [0, 0.05) is 5.92 Å². The predicted octanol–water partition coefficient (Wildman–Crippen LogP) is 8.02. The summed E-state index contributed by atoms with van der Waals surface area (Å²) in [5.41, 5.74) is 2.32. The molecule has 0 aliphatic heterocycles. The minimum Gasteiger partial charge on any atom is -0.487 e. The van der Waals surface area contributed by atoms with Crippen LogP contribution in [0, 0.1) is 0 Å². The first-order valence-corrected chi connectivity index (χ1v) is 11.0. The molecule has 138 valence electrons. The van der Waals surface area contributed by atoms with Gasteiger partial charge in [0.05, 0.1) is 17.9 Å². The second-order valence-electron chi connectivity index (χ2n) is 5.55. The zero-order chi connectivity index (χ0) is 19.3. The average molecular weight is 610 g/mol. The van der Waals surface area contributed by atoms with Crippen LogP contribution < -0.4 is 9.47 Å². The molecule has 0 unspecified atom stereocenters. The van der Waals surface area contributed by atoms with Crippen molar-refractivity contribution in [3.8, 4) is 11.5 Å². The van der Waals surface area contributed by atoms with Crippen LogP contribution in [0.1, 0.15) is 24.0 Å². The molecule has 0 heterocycles. The molecule has 0 aromatic heterocycles. The van der Waals surface area contributed by atoms with Gasteiger partial charge in [0.25, 0.3) is 0 Å². The van der Waals surface area contributed by atoms with E-state index in [0.29, 0.717) is 13.2 Å². The molecule has 0 saturated heterocycles. The van der Waals surface area contributed by atoms with E-state index in [1.807, 2.05) is 0 Å². The van der Waals surface area contributed by atoms with E-state index in [-0.39, 0.29) is 5.92 Å². The number of ether oxygens (including phenoxy) is 2. The van der Waals surface area contributed by atoms with Crippen molar-refractivity contribution in [2.75, 3.05) is 13.2 Å². The fraction of sp³-hybridized carbons (Fsp3) is 0.200. The van der Waals surface area contributed by atoms with Crippen LogP contribution in [0.15, 0.2) is 67.5 Å².